The largest absolute Gasteiger partial charge is 0.497 e. The van der Waals surface area contributed by atoms with Crippen LogP contribution >= 0.6 is 11.6 Å². The van der Waals surface area contributed by atoms with Gasteiger partial charge >= 0.3 is 0 Å². The second kappa shape index (κ2) is 7.93. The summed E-state index contributed by atoms with van der Waals surface area (Å²) in [6.45, 7) is 3.55. The van der Waals surface area contributed by atoms with E-state index in [1.54, 1.807) is 50.4 Å². The van der Waals surface area contributed by atoms with Gasteiger partial charge in [-0.1, -0.05) is 11.6 Å². The molecule has 0 aliphatic carbocycles. The highest BCUT2D eigenvalue weighted by Gasteiger charge is 2.17. The molecule has 2 rings (SSSR count). The fourth-order valence-electron chi connectivity index (χ4n) is 2.08. The normalized spacial score (nSPS) is 11.5. The number of hydrogen-bond donors (Lipinski definition) is 1. The molecule has 0 aliphatic rings. The summed E-state index contributed by atoms with van der Waals surface area (Å²) >= 11 is 5.99. The third kappa shape index (κ3) is 4.32. The average Bonchev–Trinajstić information content (AvgIpc) is 2.58. The van der Waals surface area contributed by atoms with Crippen LogP contribution in [0.2, 0.25) is 5.02 Å². The minimum atomic E-state index is -0.683. The molecule has 0 unspecified atom stereocenters. The first-order chi connectivity index (χ1) is 11.4. The molecule has 0 saturated carbocycles. The van der Waals surface area contributed by atoms with Gasteiger partial charge < -0.3 is 19.5 Å². The van der Waals surface area contributed by atoms with Crippen molar-refractivity contribution < 1.29 is 19.0 Å². The van der Waals surface area contributed by atoms with Crippen LogP contribution in [0.1, 0.15) is 12.5 Å². The molecule has 5 nitrogen and oxygen atoms in total. The van der Waals surface area contributed by atoms with E-state index in [0.29, 0.717) is 28.0 Å². The van der Waals surface area contributed by atoms with Gasteiger partial charge in [-0.3, -0.25) is 4.79 Å². The number of rotatable bonds is 6. The van der Waals surface area contributed by atoms with Crippen molar-refractivity contribution in [2.45, 2.75) is 20.0 Å². The van der Waals surface area contributed by atoms with E-state index in [1.807, 2.05) is 6.92 Å². The third-order valence-corrected chi connectivity index (χ3v) is 3.90. The molecule has 24 heavy (non-hydrogen) atoms. The first-order valence-electron chi connectivity index (χ1n) is 7.40. The molecule has 0 spiro atoms. The average molecular weight is 350 g/mol. The lowest BCUT2D eigenvalue weighted by Crippen LogP contribution is -2.30. The number of nitrogens with one attached hydrogen (secondary N) is 1. The Labute approximate surface area is 146 Å². The molecule has 1 N–H and O–H groups in total. The van der Waals surface area contributed by atoms with Crippen molar-refractivity contribution in [3.8, 4) is 17.2 Å². The van der Waals surface area contributed by atoms with E-state index >= 15 is 0 Å². The molecule has 2 aromatic carbocycles. The zero-order valence-corrected chi connectivity index (χ0v) is 14.8. The number of carbonyl (C=O) groups is 1. The van der Waals surface area contributed by atoms with Gasteiger partial charge in [-0.15, -0.1) is 0 Å². The molecular weight excluding hydrogens is 330 g/mol. The van der Waals surface area contributed by atoms with Gasteiger partial charge in [-0.2, -0.15) is 0 Å². The summed E-state index contributed by atoms with van der Waals surface area (Å²) in [6, 6.07) is 10.4. The summed E-state index contributed by atoms with van der Waals surface area (Å²) in [5, 5.41) is 3.44. The Bertz CT molecular complexity index is 733. The number of aryl methyl sites for hydroxylation is 1. The Kier molecular flexibility index (Phi) is 5.93. The molecule has 6 heteroatoms. The first kappa shape index (κ1) is 17.9. The summed E-state index contributed by atoms with van der Waals surface area (Å²) in [6.07, 6.45) is -0.683. The van der Waals surface area contributed by atoms with Crippen molar-refractivity contribution in [1.29, 1.82) is 0 Å². The van der Waals surface area contributed by atoms with Crippen LogP contribution in [-0.2, 0) is 4.79 Å². The number of halogens is 1. The van der Waals surface area contributed by atoms with Crippen LogP contribution in [0.15, 0.2) is 36.4 Å². The van der Waals surface area contributed by atoms with Gasteiger partial charge in [0.15, 0.2) is 6.10 Å². The van der Waals surface area contributed by atoms with Crippen molar-refractivity contribution in [2.75, 3.05) is 19.5 Å². The Hall–Kier alpha value is -2.40. The Morgan fingerprint density at radius 2 is 1.79 bits per heavy atom. The van der Waals surface area contributed by atoms with Crippen molar-refractivity contribution in [2.24, 2.45) is 0 Å². The molecule has 128 valence electrons. The van der Waals surface area contributed by atoms with Gasteiger partial charge in [0.25, 0.3) is 5.91 Å². The molecule has 1 atom stereocenters. The minimum Gasteiger partial charge on any atom is -0.497 e. The Morgan fingerprint density at radius 1 is 1.08 bits per heavy atom. The van der Waals surface area contributed by atoms with Gasteiger partial charge in [0, 0.05) is 11.1 Å². The quantitative estimate of drug-likeness (QED) is 0.854. The van der Waals surface area contributed by atoms with Crippen LogP contribution in [0.4, 0.5) is 5.69 Å². The lowest BCUT2D eigenvalue weighted by atomic mass is 10.2. The number of anilines is 1. The Morgan fingerprint density at radius 3 is 2.42 bits per heavy atom. The maximum absolute atomic E-state index is 12.3. The van der Waals surface area contributed by atoms with E-state index in [-0.39, 0.29) is 5.91 Å². The fraction of sp³-hybridized carbons (Fsp3) is 0.278. The van der Waals surface area contributed by atoms with E-state index in [9.17, 15) is 4.79 Å². The number of hydrogen-bond acceptors (Lipinski definition) is 4. The van der Waals surface area contributed by atoms with Gasteiger partial charge in [-0.25, -0.2) is 0 Å². The predicted octanol–water partition coefficient (Wildman–Crippen LogP) is 4.07. The smallest absolute Gasteiger partial charge is 0.265 e. The molecule has 1 amide bonds. The van der Waals surface area contributed by atoms with E-state index in [2.05, 4.69) is 5.32 Å². The van der Waals surface area contributed by atoms with E-state index in [4.69, 9.17) is 25.8 Å². The van der Waals surface area contributed by atoms with E-state index < -0.39 is 6.10 Å². The van der Waals surface area contributed by atoms with E-state index in [1.165, 1.54) is 7.11 Å². The van der Waals surface area contributed by atoms with Crippen LogP contribution in [0, 0.1) is 6.92 Å². The van der Waals surface area contributed by atoms with Crippen molar-refractivity contribution in [1.82, 2.24) is 0 Å². The molecule has 0 bridgehead atoms. The topological polar surface area (TPSA) is 56.8 Å². The molecule has 0 heterocycles. The fourth-order valence-corrected chi connectivity index (χ4v) is 2.20. The van der Waals surface area contributed by atoms with Gasteiger partial charge in [0.05, 0.1) is 19.9 Å². The van der Waals surface area contributed by atoms with Crippen molar-refractivity contribution >= 4 is 23.2 Å². The summed E-state index contributed by atoms with van der Waals surface area (Å²) in [4.78, 5) is 12.3. The number of carbonyl (C=O) groups excluding carboxylic acids is 1. The first-order valence-corrected chi connectivity index (χ1v) is 7.78. The van der Waals surface area contributed by atoms with Crippen molar-refractivity contribution in [3.63, 3.8) is 0 Å². The molecule has 2 aromatic rings. The van der Waals surface area contributed by atoms with Crippen LogP contribution in [-0.4, -0.2) is 26.2 Å². The highest BCUT2D eigenvalue weighted by Crippen LogP contribution is 2.29. The summed E-state index contributed by atoms with van der Waals surface area (Å²) in [5.74, 6) is 1.45. The number of ether oxygens (including phenoxy) is 3. The molecule has 0 aliphatic heterocycles. The minimum absolute atomic E-state index is 0.286. The lowest BCUT2D eigenvalue weighted by molar-refractivity contribution is -0.122. The summed E-state index contributed by atoms with van der Waals surface area (Å²) in [5.41, 5.74) is 1.43. The zero-order valence-electron chi connectivity index (χ0n) is 14.1. The zero-order chi connectivity index (χ0) is 17.7. The van der Waals surface area contributed by atoms with Gasteiger partial charge in [-0.05, 0) is 49.7 Å². The highest BCUT2D eigenvalue weighted by molar-refractivity contribution is 6.31. The monoisotopic (exact) mass is 349 g/mol. The summed E-state index contributed by atoms with van der Waals surface area (Å²) in [7, 11) is 3.10. The third-order valence-electron chi connectivity index (χ3n) is 3.48. The van der Waals surface area contributed by atoms with Crippen LogP contribution in [0.25, 0.3) is 0 Å². The number of methoxy groups -OCH3 is 2. The molecule has 0 fully saturated rings. The maximum atomic E-state index is 12.3. The maximum Gasteiger partial charge on any atom is 0.265 e. The lowest BCUT2D eigenvalue weighted by Gasteiger charge is -2.17. The second-order valence-electron chi connectivity index (χ2n) is 5.23. The molecule has 0 aromatic heterocycles. The standard InChI is InChI=1S/C18H20ClNO4/c1-11-9-14(5-7-15(11)19)24-12(2)18(21)20-16-8-6-13(22-3)10-17(16)23-4/h5-10,12H,1-4H3,(H,20,21)/t12-/m0/s1. The molecular formula is C18H20ClNO4. The number of amides is 1. The van der Waals surface area contributed by atoms with Crippen LogP contribution < -0.4 is 19.5 Å². The predicted molar refractivity (Wildman–Crippen MR) is 94.5 cm³/mol. The highest BCUT2D eigenvalue weighted by atomic mass is 35.5. The second-order valence-corrected chi connectivity index (χ2v) is 5.63. The molecule has 0 saturated heterocycles. The number of benzene rings is 2. The van der Waals surface area contributed by atoms with Crippen molar-refractivity contribution in [3.05, 3.63) is 47.0 Å². The van der Waals surface area contributed by atoms with Crippen LogP contribution in [0.3, 0.4) is 0 Å². The van der Waals surface area contributed by atoms with E-state index in [0.717, 1.165) is 5.56 Å². The van der Waals surface area contributed by atoms with Crippen LogP contribution in [0.5, 0.6) is 17.2 Å². The molecule has 0 radical (unpaired) electrons. The van der Waals surface area contributed by atoms with Gasteiger partial charge in [0.1, 0.15) is 17.2 Å². The SMILES string of the molecule is COc1ccc(NC(=O)[C@H](C)Oc2ccc(Cl)c(C)c2)c(OC)c1. The Balaban J connectivity index is 2.07. The van der Waals surface area contributed by atoms with Gasteiger partial charge in [0.2, 0.25) is 0 Å². The summed E-state index contributed by atoms with van der Waals surface area (Å²) < 4.78 is 16.1.